The Balaban J connectivity index is 2.27. The molecule has 0 aromatic carbocycles. The summed E-state index contributed by atoms with van der Waals surface area (Å²) in [5.74, 6) is 1.90. The molecule has 0 aliphatic carbocycles. The molecule has 1 aromatic rings. The third kappa shape index (κ3) is 2.87. The number of aryl methyl sites for hydroxylation is 1. The number of rotatable bonds is 4. The van der Waals surface area contributed by atoms with Gasteiger partial charge in [-0.15, -0.1) is 5.10 Å². The van der Waals surface area contributed by atoms with Crippen LogP contribution in [0.1, 0.15) is 45.9 Å². The molecule has 0 atom stereocenters. The molecule has 0 radical (unpaired) electrons. The van der Waals surface area contributed by atoms with Crippen LogP contribution in [0.2, 0.25) is 0 Å². The van der Waals surface area contributed by atoms with Crippen molar-refractivity contribution in [3.05, 3.63) is 11.4 Å². The van der Waals surface area contributed by atoms with E-state index in [1.807, 2.05) is 6.08 Å². The fraction of sp³-hybridized carbons (Fsp3) is 0.692. The summed E-state index contributed by atoms with van der Waals surface area (Å²) >= 11 is 0. The lowest BCUT2D eigenvalue weighted by atomic mass is 10.3. The smallest absolute Gasteiger partial charge is 0.224 e. The molecule has 0 unspecified atom stereocenters. The molecule has 1 aromatic heterocycles. The molecule has 1 aliphatic heterocycles. The van der Waals surface area contributed by atoms with Crippen LogP contribution in [0.15, 0.2) is 5.57 Å². The topological polar surface area (TPSA) is 34.0 Å². The summed E-state index contributed by atoms with van der Waals surface area (Å²) in [5, 5.41) is 4.57. The maximum atomic E-state index is 4.65. The van der Waals surface area contributed by atoms with E-state index < -0.39 is 0 Å². The van der Waals surface area contributed by atoms with Crippen LogP contribution in [0, 0.1) is 0 Å². The second kappa shape index (κ2) is 5.34. The fourth-order valence-electron chi connectivity index (χ4n) is 2.18. The monoisotopic (exact) mass is 234 g/mol. The van der Waals surface area contributed by atoms with Gasteiger partial charge in [0.05, 0.1) is 0 Å². The van der Waals surface area contributed by atoms with Crippen molar-refractivity contribution in [3.8, 4) is 0 Å². The lowest BCUT2D eigenvalue weighted by Gasteiger charge is -2.16. The van der Waals surface area contributed by atoms with Crippen molar-refractivity contribution in [2.75, 3.05) is 18.0 Å². The molecule has 1 aliphatic rings. The zero-order chi connectivity index (χ0) is 12.3. The quantitative estimate of drug-likeness (QED) is 0.803. The number of aromatic nitrogens is 3. The predicted molar refractivity (Wildman–Crippen MR) is 71.1 cm³/mol. The molecule has 0 N–H and O–H groups in total. The van der Waals surface area contributed by atoms with E-state index >= 15 is 0 Å². The number of hydrogen-bond acceptors (Lipinski definition) is 3. The van der Waals surface area contributed by atoms with Crippen molar-refractivity contribution in [3.63, 3.8) is 0 Å². The van der Waals surface area contributed by atoms with Gasteiger partial charge in [-0.25, -0.2) is 4.68 Å². The Morgan fingerprint density at radius 3 is 2.59 bits per heavy atom. The molecule has 0 saturated carbocycles. The van der Waals surface area contributed by atoms with Crippen LogP contribution in [-0.4, -0.2) is 27.9 Å². The van der Waals surface area contributed by atoms with Gasteiger partial charge in [0.1, 0.15) is 0 Å². The Morgan fingerprint density at radius 1 is 1.29 bits per heavy atom. The average molecular weight is 234 g/mol. The molecule has 4 heteroatoms. The molecule has 4 nitrogen and oxygen atoms in total. The van der Waals surface area contributed by atoms with Gasteiger partial charge in [0.25, 0.3) is 0 Å². The van der Waals surface area contributed by atoms with Gasteiger partial charge in [0.2, 0.25) is 5.95 Å². The van der Waals surface area contributed by atoms with E-state index in [4.69, 9.17) is 0 Å². The van der Waals surface area contributed by atoms with E-state index in [1.165, 1.54) is 18.4 Å². The normalized spacial score (nSPS) is 15.4. The number of hydrogen-bond donors (Lipinski definition) is 0. The van der Waals surface area contributed by atoms with Crippen LogP contribution >= 0.6 is 0 Å². The Hall–Kier alpha value is -1.32. The first-order valence-corrected chi connectivity index (χ1v) is 6.55. The van der Waals surface area contributed by atoms with Gasteiger partial charge in [-0.2, -0.15) is 4.98 Å². The fourth-order valence-corrected chi connectivity index (χ4v) is 2.18. The van der Waals surface area contributed by atoms with E-state index in [0.717, 1.165) is 37.8 Å². The summed E-state index contributed by atoms with van der Waals surface area (Å²) in [5.41, 5.74) is 1.24. The van der Waals surface area contributed by atoms with Crippen molar-refractivity contribution in [1.82, 2.24) is 14.8 Å². The Bertz CT molecular complexity index is 396. The van der Waals surface area contributed by atoms with E-state index in [0.29, 0.717) is 0 Å². The molecule has 2 heterocycles. The van der Waals surface area contributed by atoms with E-state index in [-0.39, 0.29) is 0 Å². The summed E-state index contributed by atoms with van der Waals surface area (Å²) in [6, 6.07) is 0. The second-order valence-corrected chi connectivity index (χ2v) is 4.91. The predicted octanol–water partition coefficient (Wildman–Crippen LogP) is 2.71. The van der Waals surface area contributed by atoms with Crippen LogP contribution in [0.25, 0.3) is 6.08 Å². The summed E-state index contributed by atoms with van der Waals surface area (Å²) in [4.78, 5) is 7.00. The molecular formula is C13H22N4. The summed E-state index contributed by atoms with van der Waals surface area (Å²) in [6.45, 7) is 9.53. The van der Waals surface area contributed by atoms with Crippen LogP contribution in [0.3, 0.4) is 0 Å². The van der Waals surface area contributed by atoms with Crippen molar-refractivity contribution in [2.24, 2.45) is 0 Å². The van der Waals surface area contributed by atoms with Crippen LogP contribution in [-0.2, 0) is 6.54 Å². The molecule has 1 fully saturated rings. The summed E-state index contributed by atoms with van der Waals surface area (Å²) in [7, 11) is 0. The van der Waals surface area contributed by atoms with Crippen LogP contribution < -0.4 is 4.90 Å². The maximum Gasteiger partial charge on any atom is 0.224 e. The van der Waals surface area contributed by atoms with Crippen molar-refractivity contribution in [2.45, 2.75) is 46.6 Å². The van der Waals surface area contributed by atoms with Gasteiger partial charge in [-0.1, -0.05) is 12.5 Å². The zero-order valence-electron chi connectivity index (χ0n) is 11.1. The van der Waals surface area contributed by atoms with Crippen molar-refractivity contribution < 1.29 is 0 Å². The Kier molecular flexibility index (Phi) is 3.82. The molecule has 94 valence electrons. The first-order valence-electron chi connectivity index (χ1n) is 6.55. The lowest BCUT2D eigenvalue weighted by Crippen LogP contribution is -2.22. The van der Waals surface area contributed by atoms with E-state index in [9.17, 15) is 0 Å². The third-order valence-electron chi connectivity index (χ3n) is 2.91. The Labute approximate surface area is 103 Å². The van der Waals surface area contributed by atoms with Crippen molar-refractivity contribution >= 4 is 12.0 Å². The van der Waals surface area contributed by atoms with Gasteiger partial charge in [-0.05, 0) is 39.2 Å². The largest absolute Gasteiger partial charge is 0.341 e. The standard InChI is InChI=1S/C13H22N4/c1-4-7-17-13(16-8-5-6-9-16)14-12(15-17)10-11(2)3/h10H,4-9H2,1-3H3. The van der Waals surface area contributed by atoms with Gasteiger partial charge in [0, 0.05) is 19.6 Å². The first-order chi connectivity index (χ1) is 8.20. The molecule has 1 saturated heterocycles. The molecule has 2 rings (SSSR count). The molecular weight excluding hydrogens is 212 g/mol. The number of anilines is 1. The van der Waals surface area contributed by atoms with Crippen LogP contribution in [0.4, 0.5) is 5.95 Å². The first kappa shape index (κ1) is 12.1. The molecule has 0 bridgehead atoms. The highest BCUT2D eigenvalue weighted by Gasteiger charge is 2.19. The second-order valence-electron chi connectivity index (χ2n) is 4.91. The minimum atomic E-state index is 0.848. The van der Waals surface area contributed by atoms with Gasteiger partial charge in [0.15, 0.2) is 5.82 Å². The Morgan fingerprint density at radius 2 is 2.00 bits per heavy atom. The number of nitrogens with zero attached hydrogens (tertiary/aromatic N) is 4. The van der Waals surface area contributed by atoms with Crippen LogP contribution in [0.5, 0.6) is 0 Å². The summed E-state index contributed by atoms with van der Waals surface area (Å²) < 4.78 is 2.06. The lowest BCUT2D eigenvalue weighted by molar-refractivity contribution is 0.593. The van der Waals surface area contributed by atoms with Gasteiger partial charge in [-0.3, -0.25) is 0 Å². The molecule has 17 heavy (non-hydrogen) atoms. The molecule has 0 spiro atoms. The minimum Gasteiger partial charge on any atom is -0.341 e. The average Bonchev–Trinajstić information content (AvgIpc) is 2.86. The van der Waals surface area contributed by atoms with E-state index in [1.54, 1.807) is 0 Å². The van der Waals surface area contributed by atoms with Gasteiger partial charge < -0.3 is 4.90 Å². The highest BCUT2D eigenvalue weighted by molar-refractivity contribution is 5.46. The maximum absolute atomic E-state index is 4.65. The SMILES string of the molecule is CCCn1nc(C=C(C)C)nc1N1CCCC1. The zero-order valence-corrected chi connectivity index (χ0v) is 11.1. The highest BCUT2D eigenvalue weighted by atomic mass is 15.4. The molecule has 0 amide bonds. The van der Waals surface area contributed by atoms with Crippen molar-refractivity contribution in [1.29, 1.82) is 0 Å². The minimum absolute atomic E-state index is 0.848. The van der Waals surface area contributed by atoms with E-state index in [2.05, 4.69) is 40.4 Å². The highest BCUT2D eigenvalue weighted by Crippen LogP contribution is 2.19. The van der Waals surface area contributed by atoms with Gasteiger partial charge >= 0.3 is 0 Å². The third-order valence-corrected chi connectivity index (χ3v) is 2.91. The summed E-state index contributed by atoms with van der Waals surface area (Å²) in [6.07, 6.45) is 5.69. The number of allylic oxidation sites excluding steroid dienone is 1.